The third-order valence-electron chi connectivity index (χ3n) is 4.97. The van der Waals surface area contributed by atoms with Crippen molar-refractivity contribution in [2.45, 2.75) is 37.8 Å². The molecule has 7 heteroatoms. The Morgan fingerprint density at radius 2 is 1.88 bits per heavy atom. The van der Waals surface area contributed by atoms with Gasteiger partial charge < -0.3 is 24.4 Å². The largest absolute Gasteiger partial charge is 0.454 e. The minimum atomic E-state index is -0.298. The number of fused-ring (bicyclic) bond motifs is 1. The SMILES string of the molecule is O=C(NC1CCN(C(=O)c2ccc3c(c2)OCO3)CC1)C1CCCO1. The molecule has 2 fully saturated rings. The van der Waals surface area contributed by atoms with Crippen molar-refractivity contribution < 1.29 is 23.8 Å². The van der Waals surface area contributed by atoms with Gasteiger partial charge in [-0.1, -0.05) is 0 Å². The second kappa shape index (κ2) is 6.92. The van der Waals surface area contributed by atoms with E-state index in [2.05, 4.69) is 5.32 Å². The molecular formula is C18H22N2O5. The average Bonchev–Trinajstić information content (AvgIpc) is 3.32. The highest BCUT2D eigenvalue weighted by atomic mass is 16.7. The molecule has 1 aromatic carbocycles. The summed E-state index contributed by atoms with van der Waals surface area (Å²) in [4.78, 5) is 26.6. The highest BCUT2D eigenvalue weighted by Gasteiger charge is 2.29. The summed E-state index contributed by atoms with van der Waals surface area (Å²) < 4.78 is 16.0. The summed E-state index contributed by atoms with van der Waals surface area (Å²) in [5, 5.41) is 3.06. The van der Waals surface area contributed by atoms with E-state index in [9.17, 15) is 9.59 Å². The zero-order valence-electron chi connectivity index (χ0n) is 14.0. The molecule has 1 unspecified atom stereocenters. The third kappa shape index (κ3) is 3.42. The zero-order chi connectivity index (χ0) is 17.2. The first-order chi connectivity index (χ1) is 12.2. The number of hydrogen-bond donors (Lipinski definition) is 1. The summed E-state index contributed by atoms with van der Waals surface area (Å²) in [6, 6.07) is 5.37. The quantitative estimate of drug-likeness (QED) is 0.893. The fourth-order valence-electron chi connectivity index (χ4n) is 3.52. The van der Waals surface area contributed by atoms with Crippen LogP contribution in [-0.4, -0.2) is 55.3 Å². The lowest BCUT2D eigenvalue weighted by Gasteiger charge is -2.33. The van der Waals surface area contributed by atoms with Gasteiger partial charge in [0.2, 0.25) is 12.7 Å². The van der Waals surface area contributed by atoms with Gasteiger partial charge in [-0.3, -0.25) is 9.59 Å². The Morgan fingerprint density at radius 3 is 2.64 bits per heavy atom. The van der Waals surface area contributed by atoms with Crippen molar-refractivity contribution in [2.24, 2.45) is 0 Å². The van der Waals surface area contributed by atoms with Gasteiger partial charge in [-0.2, -0.15) is 0 Å². The number of rotatable bonds is 3. The monoisotopic (exact) mass is 346 g/mol. The molecule has 4 rings (SSSR count). The maximum absolute atomic E-state index is 12.7. The lowest BCUT2D eigenvalue weighted by atomic mass is 10.0. The first-order valence-electron chi connectivity index (χ1n) is 8.81. The van der Waals surface area contributed by atoms with Crippen molar-refractivity contribution >= 4 is 11.8 Å². The van der Waals surface area contributed by atoms with Crippen LogP contribution in [0.25, 0.3) is 0 Å². The molecule has 0 radical (unpaired) electrons. The molecular weight excluding hydrogens is 324 g/mol. The van der Waals surface area contributed by atoms with E-state index in [1.807, 2.05) is 4.90 Å². The molecule has 0 saturated carbocycles. The number of hydrogen-bond acceptors (Lipinski definition) is 5. The fourth-order valence-corrected chi connectivity index (χ4v) is 3.52. The number of carbonyl (C=O) groups is 2. The van der Waals surface area contributed by atoms with E-state index >= 15 is 0 Å². The maximum atomic E-state index is 12.7. The van der Waals surface area contributed by atoms with Crippen molar-refractivity contribution in [2.75, 3.05) is 26.5 Å². The topological polar surface area (TPSA) is 77.1 Å². The average molecular weight is 346 g/mol. The smallest absolute Gasteiger partial charge is 0.253 e. The molecule has 3 aliphatic rings. The molecule has 134 valence electrons. The number of benzene rings is 1. The molecule has 3 aliphatic heterocycles. The van der Waals surface area contributed by atoms with Crippen LogP contribution in [0.2, 0.25) is 0 Å². The maximum Gasteiger partial charge on any atom is 0.253 e. The van der Waals surface area contributed by atoms with Crippen molar-refractivity contribution in [3.63, 3.8) is 0 Å². The standard InChI is InChI=1S/C18H22N2O5/c21-17(15-2-1-9-23-15)19-13-5-7-20(8-6-13)18(22)12-3-4-14-16(10-12)25-11-24-14/h3-4,10,13,15H,1-2,5-9,11H2,(H,19,21). The van der Waals surface area contributed by atoms with Crippen LogP contribution >= 0.6 is 0 Å². The van der Waals surface area contributed by atoms with Crippen LogP contribution in [0, 0.1) is 0 Å². The normalized spacial score (nSPS) is 22.9. The predicted molar refractivity (Wildman–Crippen MR) is 88.6 cm³/mol. The summed E-state index contributed by atoms with van der Waals surface area (Å²) >= 11 is 0. The minimum absolute atomic E-state index is 0.0118. The van der Waals surface area contributed by atoms with Crippen LogP contribution in [0.3, 0.4) is 0 Å². The summed E-state index contributed by atoms with van der Waals surface area (Å²) in [5.74, 6) is 1.26. The van der Waals surface area contributed by atoms with Gasteiger partial charge in [-0.05, 0) is 43.9 Å². The van der Waals surface area contributed by atoms with Gasteiger partial charge >= 0.3 is 0 Å². The van der Waals surface area contributed by atoms with Crippen LogP contribution in [0.1, 0.15) is 36.0 Å². The molecule has 3 heterocycles. The van der Waals surface area contributed by atoms with Crippen LogP contribution in [0.15, 0.2) is 18.2 Å². The molecule has 2 amide bonds. The lowest BCUT2D eigenvalue weighted by Crippen LogP contribution is -2.48. The minimum Gasteiger partial charge on any atom is -0.454 e. The van der Waals surface area contributed by atoms with Crippen LogP contribution < -0.4 is 14.8 Å². The second-order valence-corrected chi connectivity index (χ2v) is 6.64. The van der Waals surface area contributed by atoms with Crippen LogP contribution in [0.4, 0.5) is 0 Å². The van der Waals surface area contributed by atoms with Crippen LogP contribution in [0.5, 0.6) is 11.5 Å². The van der Waals surface area contributed by atoms with E-state index in [1.54, 1.807) is 18.2 Å². The van der Waals surface area contributed by atoms with Gasteiger partial charge in [0, 0.05) is 31.3 Å². The zero-order valence-corrected chi connectivity index (χ0v) is 14.0. The predicted octanol–water partition coefficient (Wildman–Crippen LogP) is 1.32. The molecule has 0 aliphatic carbocycles. The second-order valence-electron chi connectivity index (χ2n) is 6.64. The fraction of sp³-hybridized carbons (Fsp3) is 0.556. The molecule has 1 N–H and O–H groups in total. The Bertz CT molecular complexity index is 663. The van der Waals surface area contributed by atoms with Gasteiger partial charge in [0.05, 0.1) is 0 Å². The van der Waals surface area contributed by atoms with Crippen molar-refractivity contribution in [1.82, 2.24) is 10.2 Å². The Kier molecular flexibility index (Phi) is 4.48. The number of amides is 2. The van der Waals surface area contributed by atoms with Gasteiger partial charge in [-0.25, -0.2) is 0 Å². The number of carbonyl (C=O) groups excluding carboxylic acids is 2. The van der Waals surface area contributed by atoms with Crippen molar-refractivity contribution in [1.29, 1.82) is 0 Å². The number of nitrogens with zero attached hydrogens (tertiary/aromatic N) is 1. The van der Waals surface area contributed by atoms with Crippen LogP contribution in [-0.2, 0) is 9.53 Å². The summed E-state index contributed by atoms with van der Waals surface area (Å²) in [6.07, 6.45) is 2.96. The Balaban J connectivity index is 1.30. The molecule has 7 nitrogen and oxygen atoms in total. The summed E-state index contributed by atoms with van der Waals surface area (Å²) in [6.45, 7) is 2.12. The molecule has 1 aromatic rings. The molecule has 0 aromatic heterocycles. The number of ether oxygens (including phenoxy) is 3. The Morgan fingerprint density at radius 1 is 1.08 bits per heavy atom. The molecule has 0 bridgehead atoms. The summed E-state index contributed by atoms with van der Waals surface area (Å²) in [7, 11) is 0. The summed E-state index contributed by atoms with van der Waals surface area (Å²) in [5.41, 5.74) is 0.603. The molecule has 0 spiro atoms. The number of nitrogens with one attached hydrogen (secondary N) is 1. The number of likely N-dealkylation sites (tertiary alicyclic amines) is 1. The first kappa shape index (κ1) is 16.2. The van der Waals surface area contributed by atoms with Gasteiger partial charge in [0.1, 0.15) is 6.10 Å². The van der Waals surface area contributed by atoms with E-state index in [0.29, 0.717) is 36.8 Å². The molecule has 1 atom stereocenters. The van der Waals surface area contributed by atoms with Gasteiger partial charge in [0.15, 0.2) is 11.5 Å². The van der Waals surface area contributed by atoms with Gasteiger partial charge in [-0.15, -0.1) is 0 Å². The van der Waals surface area contributed by atoms with Crippen molar-refractivity contribution in [3.05, 3.63) is 23.8 Å². The highest BCUT2D eigenvalue weighted by Crippen LogP contribution is 2.33. The highest BCUT2D eigenvalue weighted by molar-refractivity contribution is 5.95. The Labute approximate surface area is 146 Å². The van der Waals surface area contributed by atoms with E-state index in [4.69, 9.17) is 14.2 Å². The van der Waals surface area contributed by atoms with Crippen molar-refractivity contribution in [3.8, 4) is 11.5 Å². The van der Waals surface area contributed by atoms with E-state index in [0.717, 1.165) is 25.7 Å². The molecule has 25 heavy (non-hydrogen) atoms. The lowest BCUT2D eigenvalue weighted by molar-refractivity contribution is -0.131. The van der Waals surface area contributed by atoms with Gasteiger partial charge in [0.25, 0.3) is 5.91 Å². The molecule has 2 saturated heterocycles. The third-order valence-corrected chi connectivity index (χ3v) is 4.97. The number of piperidine rings is 1. The first-order valence-corrected chi connectivity index (χ1v) is 8.81. The van der Waals surface area contributed by atoms with E-state index in [-0.39, 0.29) is 30.8 Å². The van der Waals surface area contributed by atoms with E-state index < -0.39 is 0 Å². The van der Waals surface area contributed by atoms with E-state index in [1.165, 1.54) is 0 Å². The Hall–Kier alpha value is -2.28.